The van der Waals surface area contributed by atoms with Gasteiger partial charge in [0.1, 0.15) is 0 Å². The molecule has 7 heteroatoms. The van der Waals surface area contributed by atoms with Gasteiger partial charge in [-0.05, 0) is 32.8 Å². The smallest absolute Gasteiger partial charge is 0.317 e. The molecule has 0 aliphatic heterocycles. The number of carbonyl (C=O) groups is 1. The number of nitrogens with zero attached hydrogens (tertiary/aromatic N) is 4. The predicted octanol–water partition coefficient (Wildman–Crippen LogP) is 2.67. The van der Waals surface area contributed by atoms with Crippen LogP contribution in [0.1, 0.15) is 42.6 Å². The van der Waals surface area contributed by atoms with Gasteiger partial charge in [-0.25, -0.2) is 4.79 Å². The van der Waals surface area contributed by atoms with Crippen LogP contribution in [-0.2, 0) is 19.5 Å². The Balaban J connectivity index is 1.70. The van der Waals surface area contributed by atoms with E-state index in [-0.39, 0.29) is 6.03 Å². The summed E-state index contributed by atoms with van der Waals surface area (Å²) in [5.41, 5.74) is 3.10. The molecule has 0 bridgehead atoms. The Morgan fingerprint density at radius 2 is 2.17 bits per heavy atom. The lowest BCUT2D eigenvalue weighted by Gasteiger charge is -2.17. The summed E-state index contributed by atoms with van der Waals surface area (Å²) in [7, 11) is 1.79. The van der Waals surface area contributed by atoms with E-state index in [1.54, 1.807) is 11.9 Å². The van der Waals surface area contributed by atoms with Gasteiger partial charge in [-0.1, -0.05) is 18.5 Å². The van der Waals surface area contributed by atoms with Crippen molar-refractivity contribution in [2.75, 3.05) is 13.6 Å². The molecule has 0 atom stereocenters. The van der Waals surface area contributed by atoms with Crippen LogP contribution in [0.2, 0.25) is 0 Å². The molecular formula is C17H27N5O2. The van der Waals surface area contributed by atoms with Crippen LogP contribution in [-0.4, -0.2) is 39.5 Å². The maximum Gasteiger partial charge on any atom is 0.317 e. The molecule has 0 aliphatic carbocycles. The SMILES string of the molecule is CCCc1cc(CNC(=O)N(C)CCCn2nc(C)cc2C)on1. The Labute approximate surface area is 143 Å². The summed E-state index contributed by atoms with van der Waals surface area (Å²) in [6.45, 7) is 7.95. The minimum absolute atomic E-state index is 0.114. The molecule has 7 nitrogen and oxygen atoms in total. The van der Waals surface area contributed by atoms with Crippen molar-refractivity contribution in [3.63, 3.8) is 0 Å². The van der Waals surface area contributed by atoms with E-state index < -0.39 is 0 Å². The fourth-order valence-corrected chi connectivity index (χ4v) is 2.57. The maximum atomic E-state index is 12.1. The number of rotatable bonds is 8. The number of aryl methyl sites for hydroxylation is 4. The zero-order chi connectivity index (χ0) is 17.5. The molecule has 0 unspecified atom stereocenters. The molecule has 2 rings (SSSR count). The molecule has 0 saturated carbocycles. The van der Waals surface area contributed by atoms with Crippen LogP contribution in [0.15, 0.2) is 16.7 Å². The fourth-order valence-electron chi connectivity index (χ4n) is 2.57. The summed E-state index contributed by atoms with van der Waals surface area (Å²) in [5.74, 6) is 0.683. The minimum Gasteiger partial charge on any atom is -0.359 e. The van der Waals surface area contributed by atoms with E-state index in [4.69, 9.17) is 4.52 Å². The molecule has 0 radical (unpaired) electrons. The van der Waals surface area contributed by atoms with Crippen LogP contribution in [0, 0.1) is 13.8 Å². The normalized spacial score (nSPS) is 10.8. The predicted molar refractivity (Wildman–Crippen MR) is 91.7 cm³/mol. The van der Waals surface area contributed by atoms with E-state index in [2.05, 4.69) is 28.6 Å². The van der Waals surface area contributed by atoms with Crippen LogP contribution >= 0.6 is 0 Å². The first kappa shape index (κ1) is 18.0. The Hall–Kier alpha value is -2.31. The first-order chi connectivity index (χ1) is 11.5. The zero-order valence-corrected chi connectivity index (χ0v) is 15.0. The van der Waals surface area contributed by atoms with Crippen molar-refractivity contribution < 1.29 is 9.32 Å². The van der Waals surface area contributed by atoms with Crippen molar-refractivity contribution in [3.8, 4) is 0 Å². The van der Waals surface area contributed by atoms with Crippen LogP contribution < -0.4 is 5.32 Å². The lowest BCUT2D eigenvalue weighted by molar-refractivity contribution is 0.205. The van der Waals surface area contributed by atoms with E-state index in [1.165, 1.54) is 0 Å². The van der Waals surface area contributed by atoms with Gasteiger partial charge < -0.3 is 14.7 Å². The van der Waals surface area contributed by atoms with Crippen molar-refractivity contribution in [1.82, 2.24) is 25.2 Å². The topological polar surface area (TPSA) is 76.2 Å². The van der Waals surface area contributed by atoms with Crippen molar-refractivity contribution in [1.29, 1.82) is 0 Å². The van der Waals surface area contributed by atoms with E-state index in [0.717, 1.165) is 42.9 Å². The first-order valence-electron chi connectivity index (χ1n) is 8.44. The standard InChI is InChI=1S/C17H27N5O2/c1-5-7-15-11-16(24-20-15)12-18-17(23)21(4)8-6-9-22-14(3)10-13(2)19-22/h10-11H,5-9,12H2,1-4H3,(H,18,23). The van der Waals surface area contributed by atoms with Crippen LogP contribution in [0.3, 0.4) is 0 Å². The van der Waals surface area contributed by atoms with E-state index >= 15 is 0 Å². The maximum absolute atomic E-state index is 12.1. The minimum atomic E-state index is -0.114. The van der Waals surface area contributed by atoms with Gasteiger partial charge in [0.05, 0.1) is 17.9 Å². The number of amides is 2. The molecule has 0 fully saturated rings. The van der Waals surface area contributed by atoms with Crippen molar-refractivity contribution in [2.45, 2.75) is 53.1 Å². The second kappa shape index (κ2) is 8.52. The lowest BCUT2D eigenvalue weighted by atomic mass is 10.2. The Bertz CT molecular complexity index is 662. The van der Waals surface area contributed by atoms with Gasteiger partial charge in [0.2, 0.25) is 0 Å². The Morgan fingerprint density at radius 3 is 2.83 bits per heavy atom. The molecule has 1 N–H and O–H groups in total. The van der Waals surface area contributed by atoms with Crippen LogP contribution in [0.25, 0.3) is 0 Å². The molecule has 0 saturated heterocycles. The highest BCUT2D eigenvalue weighted by Gasteiger charge is 2.10. The third-order valence-corrected chi connectivity index (χ3v) is 3.84. The molecule has 2 amide bonds. The molecule has 2 aromatic rings. The summed E-state index contributed by atoms with van der Waals surface area (Å²) in [4.78, 5) is 13.8. The number of carbonyl (C=O) groups excluding carboxylic acids is 1. The number of hydrogen-bond acceptors (Lipinski definition) is 4. The number of urea groups is 1. The molecule has 24 heavy (non-hydrogen) atoms. The summed E-state index contributed by atoms with van der Waals surface area (Å²) in [6.07, 6.45) is 2.77. The van der Waals surface area contributed by atoms with Gasteiger partial charge in [0.15, 0.2) is 5.76 Å². The zero-order valence-electron chi connectivity index (χ0n) is 15.0. The van der Waals surface area contributed by atoms with Crippen molar-refractivity contribution >= 4 is 6.03 Å². The Kier molecular flexibility index (Phi) is 6.40. The van der Waals surface area contributed by atoms with E-state index in [9.17, 15) is 4.79 Å². The van der Waals surface area contributed by atoms with Crippen molar-refractivity contribution in [2.24, 2.45) is 0 Å². The summed E-state index contributed by atoms with van der Waals surface area (Å²) < 4.78 is 7.18. The average molecular weight is 333 g/mol. The molecule has 0 spiro atoms. The highest BCUT2D eigenvalue weighted by atomic mass is 16.5. The van der Waals surface area contributed by atoms with Crippen molar-refractivity contribution in [3.05, 3.63) is 35.0 Å². The third kappa shape index (κ3) is 5.11. The third-order valence-electron chi connectivity index (χ3n) is 3.84. The lowest BCUT2D eigenvalue weighted by Crippen LogP contribution is -2.37. The largest absolute Gasteiger partial charge is 0.359 e. The van der Waals surface area contributed by atoms with Gasteiger partial charge in [0.25, 0.3) is 0 Å². The number of aromatic nitrogens is 3. The summed E-state index contributed by atoms with van der Waals surface area (Å²) in [5, 5.41) is 11.2. The fraction of sp³-hybridized carbons (Fsp3) is 0.588. The molecule has 132 valence electrons. The number of hydrogen-bond donors (Lipinski definition) is 1. The van der Waals surface area contributed by atoms with Gasteiger partial charge in [-0.3, -0.25) is 4.68 Å². The highest BCUT2D eigenvalue weighted by molar-refractivity contribution is 5.73. The molecule has 2 heterocycles. The van der Waals surface area contributed by atoms with E-state index in [0.29, 0.717) is 18.8 Å². The van der Waals surface area contributed by atoms with Crippen LogP contribution in [0.5, 0.6) is 0 Å². The van der Waals surface area contributed by atoms with Gasteiger partial charge in [0, 0.05) is 31.9 Å². The van der Waals surface area contributed by atoms with Crippen LogP contribution in [0.4, 0.5) is 4.79 Å². The average Bonchev–Trinajstić information content (AvgIpc) is 3.11. The quantitative estimate of drug-likeness (QED) is 0.806. The molecule has 0 aliphatic rings. The second-order valence-electron chi connectivity index (χ2n) is 6.12. The summed E-state index contributed by atoms with van der Waals surface area (Å²) in [6, 6.07) is 3.84. The molecule has 0 aromatic carbocycles. The molecule has 2 aromatic heterocycles. The van der Waals surface area contributed by atoms with E-state index in [1.807, 2.05) is 24.6 Å². The second-order valence-corrected chi connectivity index (χ2v) is 6.12. The monoisotopic (exact) mass is 333 g/mol. The first-order valence-corrected chi connectivity index (χ1v) is 8.44. The molecular weight excluding hydrogens is 306 g/mol. The highest BCUT2D eigenvalue weighted by Crippen LogP contribution is 2.06. The number of nitrogens with one attached hydrogen (secondary N) is 1. The van der Waals surface area contributed by atoms with Gasteiger partial charge >= 0.3 is 6.03 Å². The summed E-state index contributed by atoms with van der Waals surface area (Å²) >= 11 is 0. The van der Waals surface area contributed by atoms with Gasteiger partial charge in [-0.15, -0.1) is 0 Å². The Morgan fingerprint density at radius 1 is 1.38 bits per heavy atom. The van der Waals surface area contributed by atoms with Gasteiger partial charge in [-0.2, -0.15) is 5.10 Å².